The molecule has 1 aromatic carbocycles. The van der Waals surface area contributed by atoms with E-state index < -0.39 is 17.9 Å². The summed E-state index contributed by atoms with van der Waals surface area (Å²) in [5.74, 6) is -1.22. The number of amides is 2. The monoisotopic (exact) mass is 332 g/mol. The Labute approximate surface area is 142 Å². The van der Waals surface area contributed by atoms with E-state index in [9.17, 15) is 14.4 Å². The van der Waals surface area contributed by atoms with Gasteiger partial charge in [-0.1, -0.05) is 30.3 Å². The predicted octanol–water partition coefficient (Wildman–Crippen LogP) is 1.14. The lowest BCUT2D eigenvalue weighted by molar-refractivity contribution is -0.145. The van der Waals surface area contributed by atoms with E-state index >= 15 is 0 Å². The van der Waals surface area contributed by atoms with Crippen LogP contribution in [0.2, 0.25) is 0 Å². The van der Waals surface area contributed by atoms with Crippen LogP contribution >= 0.6 is 0 Å². The zero-order chi connectivity index (χ0) is 17.7. The molecule has 1 N–H and O–H groups in total. The maximum Gasteiger partial charge on any atom is 0.328 e. The van der Waals surface area contributed by atoms with Gasteiger partial charge in [-0.05, 0) is 19.4 Å². The van der Waals surface area contributed by atoms with Gasteiger partial charge in [0, 0.05) is 25.4 Å². The van der Waals surface area contributed by atoms with E-state index in [1.807, 2.05) is 44.2 Å². The Morgan fingerprint density at radius 2 is 1.96 bits per heavy atom. The number of hydrogen-bond donors (Lipinski definition) is 1. The molecule has 2 amide bonds. The van der Waals surface area contributed by atoms with Gasteiger partial charge in [0.1, 0.15) is 6.04 Å². The Morgan fingerprint density at radius 3 is 2.50 bits per heavy atom. The SMILES string of the molecule is COC(=O)[C@H](Cc1ccccc1)NC(=O)[C@@H]1CC(=O)N(C(C)C)C1. The van der Waals surface area contributed by atoms with Crippen molar-refractivity contribution in [3.63, 3.8) is 0 Å². The van der Waals surface area contributed by atoms with Crippen LogP contribution in [0.1, 0.15) is 25.8 Å². The average Bonchev–Trinajstić information content (AvgIpc) is 2.96. The molecule has 0 aromatic heterocycles. The molecule has 1 aliphatic rings. The maximum absolute atomic E-state index is 12.5. The summed E-state index contributed by atoms with van der Waals surface area (Å²) in [5, 5.41) is 2.75. The van der Waals surface area contributed by atoms with Gasteiger partial charge in [0.25, 0.3) is 0 Å². The molecule has 1 aliphatic heterocycles. The molecule has 2 rings (SSSR count). The highest BCUT2D eigenvalue weighted by atomic mass is 16.5. The molecule has 6 heteroatoms. The van der Waals surface area contributed by atoms with Gasteiger partial charge in [0.15, 0.2) is 0 Å². The van der Waals surface area contributed by atoms with Crippen LogP contribution in [-0.2, 0) is 25.5 Å². The molecule has 0 radical (unpaired) electrons. The minimum Gasteiger partial charge on any atom is -0.467 e. The zero-order valence-corrected chi connectivity index (χ0v) is 14.3. The largest absolute Gasteiger partial charge is 0.467 e. The van der Waals surface area contributed by atoms with Crippen molar-refractivity contribution in [2.45, 2.75) is 38.8 Å². The van der Waals surface area contributed by atoms with Crippen molar-refractivity contribution in [1.82, 2.24) is 10.2 Å². The van der Waals surface area contributed by atoms with Crippen molar-refractivity contribution in [1.29, 1.82) is 0 Å². The zero-order valence-electron chi connectivity index (χ0n) is 14.3. The minimum atomic E-state index is -0.756. The molecule has 0 saturated carbocycles. The van der Waals surface area contributed by atoms with Crippen LogP contribution < -0.4 is 5.32 Å². The van der Waals surface area contributed by atoms with Crippen molar-refractivity contribution in [3.8, 4) is 0 Å². The molecule has 24 heavy (non-hydrogen) atoms. The predicted molar refractivity (Wildman–Crippen MR) is 89.0 cm³/mol. The lowest BCUT2D eigenvalue weighted by Gasteiger charge is -2.22. The van der Waals surface area contributed by atoms with E-state index in [1.54, 1.807) is 4.90 Å². The van der Waals surface area contributed by atoms with Crippen LogP contribution in [-0.4, -0.2) is 48.4 Å². The summed E-state index contributed by atoms with van der Waals surface area (Å²) < 4.78 is 4.80. The summed E-state index contributed by atoms with van der Waals surface area (Å²) in [4.78, 5) is 38.1. The lowest BCUT2D eigenvalue weighted by atomic mass is 10.0. The second kappa shape index (κ2) is 7.95. The van der Waals surface area contributed by atoms with Crippen molar-refractivity contribution in [3.05, 3.63) is 35.9 Å². The summed E-state index contributed by atoms with van der Waals surface area (Å²) in [6, 6.07) is 8.73. The van der Waals surface area contributed by atoms with Gasteiger partial charge in [-0.2, -0.15) is 0 Å². The number of methoxy groups -OCH3 is 1. The van der Waals surface area contributed by atoms with Crippen LogP contribution in [0.15, 0.2) is 30.3 Å². The summed E-state index contributed by atoms with van der Waals surface area (Å²) in [5.41, 5.74) is 0.930. The van der Waals surface area contributed by atoms with Crippen molar-refractivity contribution >= 4 is 17.8 Å². The normalized spacial score (nSPS) is 18.6. The van der Waals surface area contributed by atoms with Crippen LogP contribution in [0.3, 0.4) is 0 Å². The number of esters is 1. The Kier molecular flexibility index (Phi) is 5.95. The first-order valence-electron chi connectivity index (χ1n) is 8.14. The van der Waals surface area contributed by atoms with E-state index in [0.29, 0.717) is 13.0 Å². The van der Waals surface area contributed by atoms with Gasteiger partial charge < -0.3 is 15.0 Å². The molecule has 0 unspecified atom stereocenters. The molecule has 6 nitrogen and oxygen atoms in total. The number of benzene rings is 1. The van der Waals surface area contributed by atoms with E-state index in [0.717, 1.165) is 5.56 Å². The van der Waals surface area contributed by atoms with Crippen LogP contribution in [0.4, 0.5) is 0 Å². The first-order valence-corrected chi connectivity index (χ1v) is 8.14. The van der Waals surface area contributed by atoms with E-state index in [-0.39, 0.29) is 24.3 Å². The molecule has 0 aliphatic carbocycles. The molecule has 130 valence electrons. The topological polar surface area (TPSA) is 75.7 Å². The number of rotatable bonds is 6. The molecular weight excluding hydrogens is 308 g/mol. The fraction of sp³-hybridized carbons (Fsp3) is 0.500. The maximum atomic E-state index is 12.5. The van der Waals surface area contributed by atoms with Crippen molar-refractivity contribution in [2.24, 2.45) is 5.92 Å². The molecule has 1 saturated heterocycles. The number of likely N-dealkylation sites (tertiary alicyclic amines) is 1. The minimum absolute atomic E-state index is 0.0252. The summed E-state index contributed by atoms with van der Waals surface area (Å²) in [6.07, 6.45) is 0.539. The molecule has 1 aromatic rings. The third-order valence-corrected chi connectivity index (χ3v) is 4.24. The summed E-state index contributed by atoms with van der Waals surface area (Å²) in [7, 11) is 1.30. The van der Waals surface area contributed by atoms with Gasteiger partial charge in [-0.15, -0.1) is 0 Å². The Balaban J connectivity index is 2.03. The lowest BCUT2D eigenvalue weighted by Crippen LogP contribution is -2.46. The molecular formula is C18H24N2O4. The molecule has 0 spiro atoms. The van der Waals surface area contributed by atoms with Crippen LogP contribution in [0.5, 0.6) is 0 Å². The van der Waals surface area contributed by atoms with E-state index in [1.165, 1.54) is 7.11 Å². The fourth-order valence-electron chi connectivity index (χ4n) is 2.88. The van der Waals surface area contributed by atoms with Gasteiger partial charge in [-0.3, -0.25) is 9.59 Å². The number of ether oxygens (including phenoxy) is 1. The number of carbonyl (C=O) groups excluding carboxylic acids is 3. The number of carbonyl (C=O) groups is 3. The van der Waals surface area contributed by atoms with Gasteiger partial charge >= 0.3 is 5.97 Å². The quantitative estimate of drug-likeness (QED) is 0.793. The Bertz CT molecular complexity index is 600. The second-order valence-corrected chi connectivity index (χ2v) is 6.31. The smallest absolute Gasteiger partial charge is 0.328 e. The molecule has 1 heterocycles. The van der Waals surface area contributed by atoms with Crippen molar-refractivity contribution < 1.29 is 19.1 Å². The highest BCUT2D eigenvalue weighted by Crippen LogP contribution is 2.20. The number of nitrogens with zero attached hydrogens (tertiary/aromatic N) is 1. The highest BCUT2D eigenvalue weighted by molar-refractivity contribution is 5.91. The third-order valence-electron chi connectivity index (χ3n) is 4.24. The average molecular weight is 332 g/mol. The van der Waals surface area contributed by atoms with Gasteiger partial charge in [-0.25, -0.2) is 4.79 Å². The second-order valence-electron chi connectivity index (χ2n) is 6.31. The summed E-state index contributed by atoms with van der Waals surface area (Å²) in [6.45, 7) is 4.23. The Hall–Kier alpha value is -2.37. The number of hydrogen-bond acceptors (Lipinski definition) is 4. The van der Waals surface area contributed by atoms with Gasteiger partial charge in [0.2, 0.25) is 11.8 Å². The first-order chi connectivity index (χ1) is 11.4. The summed E-state index contributed by atoms with van der Waals surface area (Å²) >= 11 is 0. The first kappa shape index (κ1) is 18.0. The molecule has 1 fully saturated rings. The molecule has 2 atom stereocenters. The van der Waals surface area contributed by atoms with Crippen LogP contribution in [0, 0.1) is 5.92 Å². The Morgan fingerprint density at radius 1 is 1.29 bits per heavy atom. The number of nitrogens with one attached hydrogen (secondary N) is 1. The van der Waals surface area contributed by atoms with Crippen LogP contribution in [0.25, 0.3) is 0 Å². The third kappa shape index (κ3) is 4.34. The van der Waals surface area contributed by atoms with Crippen molar-refractivity contribution in [2.75, 3.05) is 13.7 Å². The molecule has 0 bridgehead atoms. The van der Waals surface area contributed by atoms with Gasteiger partial charge in [0.05, 0.1) is 13.0 Å². The van der Waals surface area contributed by atoms with E-state index in [2.05, 4.69) is 5.32 Å². The highest BCUT2D eigenvalue weighted by Gasteiger charge is 2.36. The standard InChI is InChI=1S/C18H24N2O4/c1-12(2)20-11-14(10-16(20)21)17(22)19-15(18(23)24-3)9-13-7-5-4-6-8-13/h4-8,12,14-15H,9-11H2,1-3H3,(H,19,22)/t14-,15+/m1/s1. The van der Waals surface area contributed by atoms with E-state index in [4.69, 9.17) is 4.74 Å². The fourth-order valence-corrected chi connectivity index (χ4v) is 2.88.